The Morgan fingerprint density at radius 3 is 1.51 bits per heavy atom. The van der Waals surface area contributed by atoms with Crippen molar-refractivity contribution in [3.8, 4) is 0 Å². The van der Waals surface area contributed by atoms with Crippen molar-refractivity contribution in [3.63, 3.8) is 0 Å². The van der Waals surface area contributed by atoms with E-state index in [9.17, 15) is 19.0 Å². The number of hydrogen-bond donors (Lipinski definition) is 2. The minimum absolute atomic E-state index is 0.0319. The zero-order valence-electron chi connectivity index (χ0n) is 43.0. The molecule has 0 aliphatic carbocycles. The van der Waals surface area contributed by atoms with Gasteiger partial charge in [-0.25, -0.2) is 4.57 Å². The molecular weight excluding hydrogens is 832 g/mol. The molecule has 0 aliphatic rings. The van der Waals surface area contributed by atoms with Gasteiger partial charge in [0.25, 0.3) is 0 Å². The summed E-state index contributed by atoms with van der Waals surface area (Å²) in [6, 6.07) is -0.864. The number of carbonyl (C=O) groups is 2. The van der Waals surface area contributed by atoms with Crippen molar-refractivity contribution >= 4 is 19.7 Å². The monoisotopic (exact) mass is 934 g/mol. The average Bonchev–Trinajstić information content (AvgIpc) is 3.26. The van der Waals surface area contributed by atoms with Gasteiger partial charge < -0.3 is 19.4 Å². The highest BCUT2D eigenvalue weighted by molar-refractivity contribution is 7.47. The number of carbonyl (C=O) groups excluding carboxylic acids is 2. The third-order valence-corrected chi connectivity index (χ3v) is 12.4. The Hall–Kier alpha value is -2.29. The first-order valence-electron chi connectivity index (χ1n) is 26.6. The van der Waals surface area contributed by atoms with Crippen LogP contribution in [0.15, 0.2) is 60.8 Å². The van der Waals surface area contributed by atoms with Crippen LogP contribution in [0.25, 0.3) is 0 Å². The highest BCUT2D eigenvalue weighted by Crippen LogP contribution is 2.43. The lowest BCUT2D eigenvalue weighted by Crippen LogP contribution is -2.47. The number of unbranched alkanes of at least 4 members (excludes halogenated alkanes) is 23. The van der Waals surface area contributed by atoms with Crippen LogP contribution >= 0.6 is 7.82 Å². The molecule has 378 valence electrons. The number of phosphoric acid groups is 1. The zero-order chi connectivity index (χ0) is 48.0. The Morgan fingerprint density at radius 1 is 0.554 bits per heavy atom. The number of amides is 1. The number of likely N-dealkylation sites (N-methyl/N-ethyl adjacent to an activating group) is 1. The quantitative estimate of drug-likeness (QED) is 0.0206. The summed E-state index contributed by atoms with van der Waals surface area (Å²) < 4.78 is 30.5. The van der Waals surface area contributed by atoms with Crippen LogP contribution in [0.1, 0.15) is 226 Å². The van der Waals surface area contributed by atoms with Crippen molar-refractivity contribution < 1.29 is 37.3 Å². The van der Waals surface area contributed by atoms with E-state index in [4.69, 9.17) is 13.8 Å². The smallest absolute Gasteiger partial charge is 0.456 e. The Morgan fingerprint density at radius 2 is 0.985 bits per heavy atom. The molecule has 0 heterocycles. The summed E-state index contributed by atoms with van der Waals surface area (Å²) in [5.41, 5.74) is 0. The van der Waals surface area contributed by atoms with Crippen molar-refractivity contribution in [2.45, 2.75) is 238 Å². The molecule has 3 unspecified atom stereocenters. The molecule has 0 aromatic rings. The number of nitrogens with zero attached hydrogens (tertiary/aromatic N) is 1. The summed E-state index contributed by atoms with van der Waals surface area (Å²) in [6.45, 7) is 6.84. The number of rotatable bonds is 47. The maximum absolute atomic E-state index is 13.4. The maximum atomic E-state index is 13.4. The topological polar surface area (TPSA) is 111 Å². The van der Waals surface area contributed by atoms with Crippen molar-refractivity contribution in [3.05, 3.63) is 60.8 Å². The number of phosphoric ester groups is 1. The molecule has 9 nitrogen and oxygen atoms in total. The van der Waals surface area contributed by atoms with Crippen molar-refractivity contribution in [1.82, 2.24) is 5.32 Å². The lowest BCUT2D eigenvalue weighted by Gasteiger charge is -2.27. The number of ether oxygens (including phenoxy) is 1. The molecule has 0 fully saturated rings. The highest BCUT2D eigenvalue weighted by Gasteiger charge is 2.30. The Kier molecular flexibility index (Phi) is 43.9. The van der Waals surface area contributed by atoms with E-state index in [2.05, 4.69) is 74.7 Å². The highest BCUT2D eigenvalue weighted by atomic mass is 31.2. The summed E-state index contributed by atoms with van der Waals surface area (Å²) in [5.74, 6) is -0.553. The van der Waals surface area contributed by atoms with Crippen LogP contribution in [0.3, 0.4) is 0 Å². The summed E-state index contributed by atoms with van der Waals surface area (Å²) in [6.07, 6.45) is 55.0. The summed E-state index contributed by atoms with van der Waals surface area (Å²) >= 11 is 0. The van der Waals surface area contributed by atoms with Crippen LogP contribution < -0.4 is 5.32 Å². The molecule has 0 saturated carbocycles. The second-order valence-electron chi connectivity index (χ2n) is 19.0. The standard InChI is InChI=1S/C55H101N2O7P/c1-7-10-13-16-19-22-25-27-29-32-35-38-41-44-47-54(58)56-52(51-63-65(60,61)62-50-49-57(4,5)6)53(46-43-40-37-34-31-24-21-18-15-12-9-3)64-55(59)48-45-42-39-36-33-30-28-26-23-20-17-14-11-8-2/h10,13,19,22,27,29-30,33,43,46,52-53H,7-9,11-12,14-18,20-21,23-26,28,31-32,34-42,44-45,47-51H2,1-6H3,(H-,56,58,60,61)/p+1/b13-10+,22-19+,29-27+,33-30-,46-43+. The van der Waals surface area contributed by atoms with Crippen LogP contribution in [0.2, 0.25) is 0 Å². The Labute approximate surface area is 401 Å². The summed E-state index contributed by atoms with van der Waals surface area (Å²) in [5, 5.41) is 3.02. The maximum Gasteiger partial charge on any atom is 0.472 e. The van der Waals surface area contributed by atoms with Gasteiger partial charge in [0.15, 0.2) is 0 Å². The molecule has 0 aromatic carbocycles. The Bertz CT molecular complexity index is 1300. The first-order valence-corrected chi connectivity index (χ1v) is 28.1. The fourth-order valence-corrected chi connectivity index (χ4v) is 8.04. The van der Waals surface area contributed by atoms with Gasteiger partial charge in [-0.15, -0.1) is 0 Å². The van der Waals surface area contributed by atoms with Gasteiger partial charge in [-0.2, -0.15) is 0 Å². The number of allylic oxidation sites excluding steroid dienone is 9. The Balaban J connectivity index is 5.46. The van der Waals surface area contributed by atoms with E-state index in [0.29, 0.717) is 23.9 Å². The fourth-order valence-electron chi connectivity index (χ4n) is 7.30. The van der Waals surface area contributed by atoms with Crippen LogP contribution in [0.4, 0.5) is 0 Å². The molecular formula is C55H102N2O7P+. The molecule has 0 aromatic heterocycles. The molecule has 0 aliphatic heterocycles. The normalized spacial score (nSPS) is 14.4. The van der Waals surface area contributed by atoms with E-state index in [-0.39, 0.29) is 31.5 Å². The lowest BCUT2D eigenvalue weighted by atomic mass is 10.1. The number of hydrogen-bond acceptors (Lipinski definition) is 6. The number of esters is 1. The first kappa shape index (κ1) is 62.7. The van der Waals surface area contributed by atoms with E-state index in [1.165, 1.54) is 89.9 Å². The van der Waals surface area contributed by atoms with Crippen molar-refractivity contribution in [1.29, 1.82) is 0 Å². The summed E-state index contributed by atoms with van der Waals surface area (Å²) in [4.78, 5) is 37.4. The molecule has 10 heteroatoms. The van der Waals surface area contributed by atoms with Crippen LogP contribution in [0, 0.1) is 0 Å². The molecule has 0 bridgehead atoms. The molecule has 0 rings (SSSR count). The molecule has 1 amide bonds. The van der Waals surface area contributed by atoms with E-state index < -0.39 is 20.0 Å². The minimum atomic E-state index is -4.45. The predicted molar refractivity (Wildman–Crippen MR) is 277 cm³/mol. The molecule has 0 saturated heterocycles. The van der Waals surface area contributed by atoms with E-state index in [1.54, 1.807) is 0 Å². The molecule has 0 radical (unpaired) electrons. The average molecular weight is 934 g/mol. The molecule has 0 spiro atoms. The SMILES string of the molecule is CC/C=C/C/C=C/C/C=C/CCCCCCC(=O)NC(COP(=O)(O)OCC[N+](C)(C)C)C(/C=C/CCCCCCCCCCC)OC(=O)CCCCC/C=C\CCCCCCCCC. The summed E-state index contributed by atoms with van der Waals surface area (Å²) in [7, 11) is 1.47. The van der Waals surface area contributed by atoms with E-state index in [1.807, 2.05) is 33.3 Å². The molecule has 65 heavy (non-hydrogen) atoms. The van der Waals surface area contributed by atoms with Gasteiger partial charge >= 0.3 is 13.8 Å². The first-order chi connectivity index (χ1) is 31.4. The second kappa shape index (κ2) is 45.5. The lowest BCUT2D eigenvalue weighted by molar-refractivity contribution is -0.870. The van der Waals surface area contributed by atoms with Crippen LogP contribution in [-0.4, -0.2) is 74.3 Å². The predicted octanol–water partition coefficient (Wildman–Crippen LogP) is 15.5. The fraction of sp³-hybridized carbons (Fsp3) is 0.782. The third-order valence-electron chi connectivity index (χ3n) is 11.4. The van der Waals surface area contributed by atoms with Gasteiger partial charge in [0.05, 0.1) is 33.8 Å². The van der Waals surface area contributed by atoms with Crippen molar-refractivity contribution in [2.24, 2.45) is 0 Å². The van der Waals surface area contributed by atoms with E-state index in [0.717, 1.165) is 96.3 Å². The van der Waals surface area contributed by atoms with Gasteiger partial charge in [-0.05, 0) is 89.5 Å². The van der Waals surface area contributed by atoms with Gasteiger partial charge in [0.1, 0.15) is 19.3 Å². The third kappa shape index (κ3) is 46.6. The van der Waals surface area contributed by atoms with Gasteiger partial charge in [0, 0.05) is 12.8 Å². The molecule has 2 N–H and O–H groups in total. The second-order valence-corrected chi connectivity index (χ2v) is 20.5. The van der Waals surface area contributed by atoms with Gasteiger partial charge in [-0.3, -0.25) is 18.6 Å². The molecule has 3 atom stereocenters. The van der Waals surface area contributed by atoms with Crippen molar-refractivity contribution in [2.75, 3.05) is 40.9 Å². The van der Waals surface area contributed by atoms with Gasteiger partial charge in [-0.1, -0.05) is 185 Å². The van der Waals surface area contributed by atoms with Crippen LogP contribution in [0.5, 0.6) is 0 Å². The van der Waals surface area contributed by atoms with Gasteiger partial charge in [0.2, 0.25) is 5.91 Å². The number of quaternary nitrogens is 1. The van der Waals surface area contributed by atoms with Crippen LogP contribution in [-0.2, 0) is 27.9 Å². The minimum Gasteiger partial charge on any atom is -0.456 e. The largest absolute Gasteiger partial charge is 0.472 e. The number of nitrogens with one attached hydrogen (secondary N) is 1. The van der Waals surface area contributed by atoms with E-state index >= 15 is 0 Å². The zero-order valence-corrected chi connectivity index (χ0v) is 43.9.